The summed E-state index contributed by atoms with van der Waals surface area (Å²) < 4.78 is 6.51. The molecule has 0 aliphatic heterocycles. The molecule has 0 aromatic heterocycles. The summed E-state index contributed by atoms with van der Waals surface area (Å²) in [5.74, 6) is 0.935. The Kier molecular flexibility index (Phi) is 3.01. The number of ether oxygens (including phenoxy) is 1. The fraction of sp³-hybridized carbons (Fsp3) is 0.538. The van der Waals surface area contributed by atoms with Crippen molar-refractivity contribution in [3.63, 3.8) is 0 Å². The molecule has 3 heteroatoms. The van der Waals surface area contributed by atoms with E-state index in [0.717, 1.165) is 15.8 Å². The summed E-state index contributed by atoms with van der Waals surface area (Å²) in [6.07, 6.45) is 2.35. The number of hydrogen-bond donors (Lipinski definition) is 1. The Morgan fingerprint density at radius 1 is 1.44 bits per heavy atom. The quantitative estimate of drug-likeness (QED) is 0.925. The van der Waals surface area contributed by atoms with Gasteiger partial charge in [-0.1, -0.05) is 12.1 Å². The van der Waals surface area contributed by atoms with Crippen LogP contribution in [-0.2, 0) is 5.41 Å². The first-order valence-corrected chi connectivity index (χ1v) is 6.41. The van der Waals surface area contributed by atoms with Crippen LogP contribution in [0.15, 0.2) is 16.6 Å². The molecule has 16 heavy (non-hydrogen) atoms. The first kappa shape index (κ1) is 11.9. The highest BCUT2D eigenvalue weighted by atomic mass is 79.9. The van der Waals surface area contributed by atoms with E-state index in [4.69, 9.17) is 10.5 Å². The number of nitrogens with two attached hydrogens (primary N) is 1. The Hall–Kier alpha value is -0.540. The summed E-state index contributed by atoms with van der Waals surface area (Å²) in [4.78, 5) is 0. The molecule has 0 saturated heterocycles. The van der Waals surface area contributed by atoms with Crippen molar-refractivity contribution in [1.29, 1.82) is 0 Å². The number of hydrogen-bond acceptors (Lipinski definition) is 2. The molecule has 0 amide bonds. The second kappa shape index (κ2) is 4.04. The van der Waals surface area contributed by atoms with Gasteiger partial charge in [-0.2, -0.15) is 0 Å². The van der Waals surface area contributed by atoms with Crippen LogP contribution in [-0.4, -0.2) is 13.2 Å². The molecule has 88 valence electrons. The van der Waals surface area contributed by atoms with Crippen molar-refractivity contribution in [3.05, 3.63) is 27.7 Å². The van der Waals surface area contributed by atoms with Crippen LogP contribution in [0.25, 0.3) is 0 Å². The van der Waals surface area contributed by atoms with Crippen molar-refractivity contribution >= 4 is 15.9 Å². The van der Waals surface area contributed by atoms with Crippen LogP contribution in [0.3, 0.4) is 0 Å². The Bertz CT molecular complexity index is 411. The van der Waals surface area contributed by atoms with Gasteiger partial charge in [-0.15, -0.1) is 0 Å². The van der Waals surface area contributed by atoms with Crippen LogP contribution in [0, 0.1) is 6.92 Å². The molecular weight excluding hydrogens is 266 g/mol. The largest absolute Gasteiger partial charge is 0.495 e. The Balaban J connectivity index is 2.51. The molecule has 1 unspecified atom stereocenters. The third-order valence-corrected chi connectivity index (χ3v) is 4.48. The predicted molar refractivity (Wildman–Crippen MR) is 70.0 cm³/mol. The standard InChI is InChI=1S/C13H18BrNO/c1-8-4-5-10(11(14)12(8)16-3)13(6-7-13)9(2)15/h4-5,9H,6-7,15H2,1-3H3. The van der Waals surface area contributed by atoms with Crippen molar-refractivity contribution in [2.24, 2.45) is 5.73 Å². The van der Waals surface area contributed by atoms with Crippen molar-refractivity contribution in [1.82, 2.24) is 0 Å². The molecule has 0 spiro atoms. The van der Waals surface area contributed by atoms with E-state index in [9.17, 15) is 0 Å². The Morgan fingerprint density at radius 2 is 2.06 bits per heavy atom. The van der Waals surface area contributed by atoms with E-state index in [1.54, 1.807) is 7.11 Å². The van der Waals surface area contributed by atoms with Crippen molar-refractivity contribution in [2.45, 2.75) is 38.1 Å². The van der Waals surface area contributed by atoms with Crippen LogP contribution in [0.4, 0.5) is 0 Å². The van der Waals surface area contributed by atoms with E-state index in [0.29, 0.717) is 0 Å². The summed E-state index contributed by atoms with van der Waals surface area (Å²) in [6.45, 7) is 4.14. The molecule has 1 atom stereocenters. The molecule has 2 rings (SSSR count). The van der Waals surface area contributed by atoms with Gasteiger partial charge in [-0.3, -0.25) is 0 Å². The Labute approximate surface area is 105 Å². The number of benzene rings is 1. The molecule has 0 radical (unpaired) electrons. The SMILES string of the molecule is COc1c(C)ccc(C2(C(C)N)CC2)c1Br. The van der Waals surface area contributed by atoms with Crippen LogP contribution < -0.4 is 10.5 Å². The topological polar surface area (TPSA) is 35.2 Å². The van der Waals surface area contributed by atoms with Gasteiger partial charge in [0.15, 0.2) is 0 Å². The number of methoxy groups -OCH3 is 1. The summed E-state index contributed by atoms with van der Waals surface area (Å²) >= 11 is 3.66. The highest BCUT2D eigenvalue weighted by Gasteiger charge is 2.48. The zero-order valence-electron chi connectivity index (χ0n) is 10.0. The summed E-state index contributed by atoms with van der Waals surface area (Å²) in [6, 6.07) is 4.48. The van der Waals surface area contributed by atoms with Crippen molar-refractivity contribution < 1.29 is 4.74 Å². The molecule has 1 saturated carbocycles. The van der Waals surface area contributed by atoms with Crippen molar-refractivity contribution in [2.75, 3.05) is 7.11 Å². The van der Waals surface area contributed by atoms with Gasteiger partial charge >= 0.3 is 0 Å². The molecule has 2 nitrogen and oxygen atoms in total. The molecular formula is C13H18BrNO. The van der Waals surface area contributed by atoms with E-state index in [2.05, 4.69) is 41.9 Å². The lowest BCUT2D eigenvalue weighted by atomic mass is 9.89. The molecule has 2 N–H and O–H groups in total. The predicted octanol–water partition coefficient (Wildman–Crippen LogP) is 3.14. The van der Waals surface area contributed by atoms with Crippen LogP contribution in [0.2, 0.25) is 0 Å². The van der Waals surface area contributed by atoms with E-state index in [-0.39, 0.29) is 11.5 Å². The first-order valence-electron chi connectivity index (χ1n) is 5.62. The molecule has 1 aliphatic rings. The van der Waals surface area contributed by atoms with Gasteiger partial charge in [-0.25, -0.2) is 0 Å². The second-order valence-electron chi connectivity index (χ2n) is 4.72. The van der Waals surface area contributed by atoms with Crippen LogP contribution in [0.1, 0.15) is 30.9 Å². The van der Waals surface area contributed by atoms with Gasteiger partial charge in [0.05, 0.1) is 11.6 Å². The zero-order valence-corrected chi connectivity index (χ0v) is 11.6. The number of rotatable bonds is 3. The van der Waals surface area contributed by atoms with Crippen molar-refractivity contribution in [3.8, 4) is 5.75 Å². The average molecular weight is 284 g/mol. The number of aryl methyl sites for hydroxylation is 1. The van der Waals surface area contributed by atoms with Crippen LogP contribution >= 0.6 is 15.9 Å². The monoisotopic (exact) mass is 283 g/mol. The normalized spacial score (nSPS) is 19.3. The smallest absolute Gasteiger partial charge is 0.136 e. The molecule has 1 aromatic rings. The lowest BCUT2D eigenvalue weighted by Crippen LogP contribution is -2.31. The van der Waals surface area contributed by atoms with Crippen LogP contribution in [0.5, 0.6) is 5.75 Å². The highest BCUT2D eigenvalue weighted by Crippen LogP contribution is 2.54. The lowest BCUT2D eigenvalue weighted by molar-refractivity contribution is 0.406. The van der Waals surface area contributed by atoms with Gasteiger partial charge in [0, 0.05) is 11.5 Å². The third-order valence-electron chi connectivity index (χ3n) is 3.69. The molecule has 0 bridgehead atoms. The fourth-order valence-corrected chi connectivity index (χ4v) is 3.39. The highest BCUT2D eigenvalue weighted by molar-refractivity contribution is 9.10. The zero-order chi connectivity index (χ0) is 11.9. The lowest BCUT2D eigenvalue weighted by Gasteiger charge is -2.23. The van der Waals surface area contributed by atoms with E-state index >= 15 is 0 Å². The average Bonchev–Trinajstić information content (AvgIpc) is 2.99. The van der Waals surface area contributed by atoms with E-state index in [1.165, 1.54) is 18.4 Å². The van der Waals surface area contributed by atoms with Gasteiger partial charge in [0.25, 0.3) is 0 Å². The Morgan fingerprint density at radius 3 is 2.50 bits per heavy atom. The van der Waals surface area contributed by atoms with E-state index in [1.807, 2.05) is 0 Å². The summed E-state index contributed by atoms with van der Waals surface area (Å²) in [5, 5.41) is 0. The fourth-order valence-electron chi connectivity index (χ4n) is 2.39. The molecule has 1 aliphatic carbocycles. The molecule has 0 heterocycles. The van der Waals surface area contributed by atoms with Gasteiger partial charge in [0.2, 0.25) is 0 Å². The minimum atomic E-state index is 0.166. The maximum atomic E-state index is 6.10. The first-order chi connectivity index (χ1) is 7.53. The maximum absolute atomic E-state index is 6.10. The minimum Gasteiger partial charge on any atom is -0.495 e. The van der Waals surface area contributed by atoms with Gasteiger partial charge in [-0.05, 0) is 53.7 Å². The van der Waals surface area contributed by atoms with Gasteiger partial charge in [0.1, 0.15) is 5.75 Å². The summed E-state index contributed by atoms with van der Waals surface area (Å²) in [5.41, 5.74) is 8.72. The minimum absolute atomic E-state index is 0.166. The number of halogens is 1. The summed E-state index contributed by atoms with van der Waals surface area (Å²) in [7, 11) is 1.71. The molecule has 1 aromatic carbocycles. The third kappa shape index (κ3) is 1.66. The molecule has 1 fully saturated rings. The maximum Gasteiger partial charge on any atom is 0.136 e. The van der Waals surface area contributed by atoms with E-state index < -0.39 is 0 Å². The second-order valence-corrected chi connectivity index (χ2v) is 5.52. The van der Waals surface area contributed by atoms with Gasteiger partial charge < -0.3 is 10.5 Å².